The maximum Gasteiger partial charge on any atom is 0.267 e. The van der Waals surface area contributed by atoms with Crippen molar-refractivity contribution in [2.45, 2.75) is 19.4 Å². The molecule has 1 aromatic heterocycles. The van der Waals surface area contributed by atoms with Gasteiger partial charge in [0.2, 0.25) is 5.91 Å². The maximum absolute atomic E-state index is 12.3. The molecule has 2 amide bonds. The molecule has 0 radical (unpaired) electrons. The number of pyridine rings is 1. The SMILES string of the molecule is C[C@H]1Oc2ccccc2N(CCC(=O)Nc2ccc(Cl)cn2)C1=O. The lowest BCUT2D eigenvalue weighted by Gasteiger charge is -2.32. The molecule has 1 atom stereocenters. The van der Waals surface area contributed by atoms with Crippen molar-refractivity contribution in [3.05, 3.63) is 47.6 Å². The predicted molar refractivity (Wildman–Crippen MR) is 91.4 cm³/mol. The van der Waals surface area contributed by atoms with Crippen LogP contribution in [0.4, 0.5) is 11.5 Å². The lowest BCUT2D eigenvalue weighted by Crippen LogP contribution is -2.45. The van der Waals surface area contributed by atoms with Crippen LogP contribution in [0.1, 0.15) is 13.3 Å². The summed E-state index contributed by atoms with van der Waals surface area (Å²) in [4.78, 5) is 30.0. The van der Waals surface area contributed by atoms with Gasteiger partial charge in [0.05, 0.1) is 10.7 Å². The fourth-order valence-electron chi connectivity index (χ4n) is 2.46. The summed E-state index contributed by atoms with van der Waals surface area (Å²) in [7, 11) is 0. The number of nitrogens with zero attached hydrogens (tertiary/aromatic N) is 2. The summed E-state index contributed by atoms with van der Waals surface area (Å²) in [5, 5.41) is 3.18. The highest BCUT2D eigenvalue weighted by Crippen LogP contribution is 2.33. The molecule has 0 aliphatic carbocycles. The molecule has 0 saturated carbocycles. The van der Waals surface area contributed by atoms with Crippen molar-refractivity contribution in [2.24, 2.45) is 0 Å². The molecule has 124 valence electrons. The Morgan fingerprint density at radius 1 is 1.33 bits per heavy atom. The van der Waals surface area contributed by atoms with E-state index in [2.05, 4.69) is 10.3 Å². The Bertz CT molecular complexity index is 764. The zero-order valence-corrected chi connectivity index (χ0v) is 13.8. The normalized spacial score (nSPS) is 16.3. The number of rotatable bonds is 4. The van der Waals surface area contributed by atoms with E-state index in [1.165, 1.54) is 6.20 Å². The van der Waals surface area contributed by atoms with Gasteiger partial charge in [-0.2, -0.15) is 0 Å². The van der Waals surface area contributed by atoms with Crippen LogP contribution in [0.15, 0.2) is 42.6 Å². The summed E-state index contributed by atoms with van der Waals surface area (Å²) >= 11 is 5.76. The van der Waals surface area contributed by atoms with Crippen LogP contribution >= 0.6 is 11.6 Å². The van der Waals surface area contributed by atoms with Gasteiger partial charge in [0, 0.05) is 19.2 Å². The van der Waals surface area contributed by atoms with Crippen LogP contribution in [0.5, 0.6) is 5.75 Å². The van der Waals surface area contributed by atoms with Crippen LogP contribution < -0.4 is 15.0 Å². The third-order valence-electron chi connectivity index (χ3n) is 3.63. The Morgan fingerprint density at radius 2 is 2.12 bits per heavy atom. The quantitative estimate of drug-likeness (QED) is 0.924. The Labute approximate surface area is 144 Å². The first-order valence-electron chi connectivity index (χ1n) is 7.53. The number of benzene rings is 1. The largest absolute Gasteiger partial charge is 0.479 e. The van der Waals surface area contributed by atoms with E-state index in [9.17, 15) is 9.59 Å². The molecule has 0 bridgehead atoms. The highest BCUT2D eigenvalue weighted by atomic mass is 35.5. The average Bonchev–Trinajstić information content (AvgIpc) is 2.57. The molecule has 1 aliphatic rings. The number of aromatic nitrogens is 1. The van der Waals surface area contributed by atoms with Gasteiger partial charge in [0.25, 0.3) is 5.91 Å². The molecule has 1 aromatic carbocycles. The molecule has 0 saturated heterocycles. The Morgan fingerprint density at radius 3 is 2.88 bits per heavy atom. The number of para-hydroxylation sites is 2. The summed E-state index contributed by atoms with van der Waals surface area (Å²) < 4.78 is 5.57. The third kappa shape index (κ3) is 3.49. The van der Waals surface area contributed by atoms with Gasteiger partial charge in [-0.05, 0) is 31.2 Å². The first-order chi connectivity index (χ1) is 11.5. The van der Waals surface area contributed by atoms with E-state index in [1.54, 1.807) is 30.0 Å². The predicted octanol–water partition coefficient (Wildman–Crippen LogP) is 2.88. The van der Waals surface area contributed by atoms with Gasteiger partial charge in [0.1, 0.15) is 11.6 Å². The van der Waals surface area contributed by atoms with Gasteiger partial charge in [-0.25, -0.2) is 4.98 Å². The van der Waals surface area contributed by atoms with E-state index in [4.69, 9.17) is 16.3 Å². The molecule has 0 spiro atoms. The first-order valence-corrected chi connectivity index (χ1v) is 7.91. The molecular weight excluding hydrogens is 330 g/mol. The number of hydrogen-bond donors (Lipinski definition) is 1. The zero-order chi connectivity index (χ0) is 17.1. The third-order valence-corrected chi connectivity index (χ3v) is 3.85. The van der Waals surface area contributed by atoms with Crippen LogP contribution in [-0.4, -0.2) is 29.4 Å². The monoisotopic (exact) mass is 345 g/mol. The number of halogens is 1. The van der Waals surface area contributed by atoms with Crippen molar-refractivity contribution in [3.8, 4) is 5.75 Å². The number of anilines is 2. The second-order valence-electron chi connectivity index (χ2n) is 5.38. The highest BCUT2D eigenvalue weighted by molar-refractivity contribution is 6.30. The van der Waals surface area contributed by atoms with Crippen LogP contribution in [0.25, 0.3) is 0 Å². The summed E-state index contributed by atoms with van der Waals surface area (Å²) in [6, 6.07) is 10.6. The molecular formula is C17H16ClN3O3. The summed E-state index contributed by atoms with van der Waals surface area (Å²) in [6.07, 6.45) is 1.04. The van der Waals surface area contributed by atoms with Gasteiger partial charge in [0.15, 0.2) is 6.10 Å². The zero-order valence-electron chi connectivity index (χ0n) is 13.0. The number of amides is 2. The van der Waals surface area contributed by atoms with Gasteiger partial charge < -0.3 is 15.0 Å². The highest BCUT2D eigenvalue weighted by Gasteiger charge is 2.31. The van der Waals surface area contributed by atoms with Crippen molar-refractivity contribution in [1.29, 1.82) is 0 Å². The van der Waals surface area contributed by atoms with E-state index in [0.717, 1.165) is 0 Å². The molecule has 2 aromatic rings. The summed E-state index contributed by atoms with van der Waals surface area (Å²) in [5.74, 6) is 0.677. The Balaban J connectivity index is 1.66. The molecule has 3 rings (SSSR count). The number of nitrogens with one attached hydrogen (secondary N) is 1. The van der Waals surface area contributed by atoms with Gasteiger partial charge >= 0.3 is 0 Å². The van der Waals surface area contributed by atoms with Crippen LogP contribution in [0.3, 0.4) is 0 Å². The molecule has 0 unspecified atom stereocenters. The minimum absolute atomic E-state index is 0.150. The van der Waals surface area contributed by atoms with E-state index in [0.29, 0.717) is 22.3 Å². The number of fused-ring (bicyclic) bond motifs is 1. The van der Waals surface area contributed by atoms with E-state index < -0.39 is 6.10 Å². The fourth-order valence-corrected chi connectivity index (χ4v) is 2.57. The van der Waals surface area contributed by atoms with E-state index >= 15 is 0 Å². The molecule has 1 aliphatic heterocycles. The number of hydrogen-bond acceptors (Lipinski definition) is 4. The molecule has 24 heavy (non-hydrogen) atoms. The van der Waals surface area contributed by atoms with Crippen molar-refractivity contribution in [3.63, 3.8) is 0 Å². The van der Waals surface area contributed by atoms with Crippen LogP contribution in [0.2, 0.25) is 5.02 Å². The Hall–Kier alpha value is -2.60. The van der Waals surface area contributed by atoms with Crippen molar-refractivity contribution in [2.75, 3.05) is 16.8 Å². The second kappa shape index (κ2) is 6.88. The van der Waals surface area contributed by atoms with Crippen molar-refractivity contribution < 1.29 is 14.3 Å². The molecule has 7 heteroatoms. The minimum Gasteiger partial charge on any atom is -0.479 e. The molecule has 0 fully saturated rings. The van der Waals surface area contributed by atoms with Gasteiger partial charge in [-0.1, -0.05) is 23.7 Å². The first kappa shape index (κ1) is 16.3. The lowest BCUT2D eigenvalue weighted by atomic mass is 10.1. The Kier molecular flexibility index (Phi) is 4.66. The summed E-state index contributed by atoms with van der Waals surface area (Å²) in [6.45, 7) is 1.96. The molecule has 1 N–H and O–H groups in total. The van der Waals surface area contributed by atoms with Gasteiger partial charge in [-0.3, -0.25) is 9.59 Å². The standard InChI is InChI=1S/C17H16ClN3O3/c1-11-17(23)21(13-4-2-3-5-14(13)24-11)9-8-16(22)20-15-7-6-12(18)10-19-15/h2-7,10-11H,8-9H2,1H3,(H,19,20,22)/t11-/m1/s1. The fraction of sp³-hybridized carbons (Fsp3) is 0.235. The van der Waals surface area contributed by atoms with Crippen molar-refractivity contribution in [1.82, 2.24) is 4.98 Å². The maximum atomic E-state index is 12.3. The summed E-state index contributed by atoms with van der Waals surface area (Å²) in [5.41, 5.74) is 0.679. The van der Waals surface area contributed by atoms with Crippen LogP contribution in [0, 0.1) is 0 Å². The average molecular weight is 346 g/mol. The molecule has 6 nitrogen and oxygen atoms in total. The topological polar surface area (TPSA) is 71.5 Å². The van der Waals surface area contributed by atoms with E-state index in [1.807, 2.05) is 18.2 Å². The van der Waals surface area contributed by atoms with E-state index in [-0.39, 0.29) is 24.8 Å². The number of carbonyl (C=O) groups is 2. The second-order valence-corrected chi connectivity index (χ2v) is 5.81. The van der Waals surface area contributed by atoms with Gasteiger partial charge in [-0.15, -0.1) is 0 Å². The van der Waals surface area contributed by atoms with Crippen molar-refractivity contribution >= 4 is 34.9 Å². The smallest absolute Gasteiger partial charge is 0.267 e. The lowest BCUT2D eigenvalue weighted by molar-refractivity contribution is -0.125. The number of ether oxygens (including phenoxy) is 1. The van der Waals surface area contributed by atoms with Crippen LogP contribution in [-0.2, 0) is 9.59 Å². The molecule has 2 heterocycles. The number of carbonyl (C=O) groups excluding carboxylic acids is 2. The minimum atomic E-state index is -0.569.